The van der Waals surface area contributed by atoms with E-state index in [4.69, 9.17) is 9.47 Å². The number of amides is 2. The van der Waals surface area contributed by atoms with Crippen LogP contribution in [0.5, 0.6) is 0 Å². The van der Waals surface area contributed by atoms with Crippen molar-refractivity contribution in [3.05, 3.63) is 0 Å². The van der Waals surface area contributed by atoms with Crippen molar-refractivity contribution in [3.8, 4) is 0 Å². The van der Waals surface area contributed by atoms with Gasteiger partial charge in [-0.3, -0.25) is 4.99 Å². The van der Waals surface area contributed by atoms with Crippen molar-refractivity contribution in [1.82, 2.24) is 20.9 Å². The van der Waals surface area contributed by atoms with Crippen molar-refractivity contribution >= 4 is 42.1 Å². The van der Waals surface area contributed by atoms with E-state index in [2.05, 4.69) is 20.9 Å². The number of halogens is 1. The van der Waals surface area contributed by atoms with Crippen molar-refractivity contribution in [2.45, 2.75) is 59.1 Å². The maximum absolute atomic E-state index is 11.7. The van der Waals surface area contributed by atoms with Crippen LogP contribution in [-0.4, -0.2) is 74.0 Å². The molecular formula is C18H36IN5O4. The van der Waals surface area contributed by atoms with Gasteiger partial charge in [0, 0.05) is 32.2 Å². The standard InChI is InChI=1S/C18H35N5O4.HI/c1-6-19-15(20-10-11-21-16(24)27-18(3,4)5)22-14-8-12-23(13-9-14)17(25)26-7-2;/h14H,6-13H2,1-5H3,(H,21,24)(H2,19,20,22);1H. The van der Waals surface area contributed by atoms with Gasteiger partial charge in [0.25, 0.3) is 0 Å². The first kappa shape index (κ1) is 26.5. The van der Waals surface area contributed by atoms with Crippen LogP contribution in [0.1, 0.15) is 47.5 Å². The van der Waals surface area contributed by atoms with Gasteiger partial charge in [0.05, 0.1) is 13.2 Å². The summed E-state index contributed by atoms with van der Waals surface area (Å²) in [6.07, 6.45) is 0.977. The highest BCUT2D eigenvalue weighted by atomic mass is 127. The van der Waals surface area contributed by atoms with Crippen LogP contribution in [0.4, 0.5) is 9.59 Å². The fourth-order valence-corrected chi connectivity index (χ4v) is 2.57. The van der Waals surface area contributed by atoms with Gasteiger partial charge in [0.15, 0.2) is 5.96 Å². The third-order valence-electron chi connectivity index (χ3n) is 3.76. The molecule has 1 heterocycles. The van der Waals surface area contributed by atoms with Gasteiger partial charge in [0.1, 0.15) is 5.60 Å². The Bertz CT molecular complexity index is 503. The van der Waals surface area contributed by atoms with E-state index < -0.39 is 11.7 Å². The lowest BCUT2D eigenvalue weighted by Crippen LogP contribution is -2.50. The number of carbonyl (C=O) groups is 2. The molecule has 1 saturated heterocycles. The molecule has 1 fully saturated rings. The molecule has 1 aliphatic rings. The topological polar surface area (TPSA) is 104 Å². The molecule has 0 saturated carbocycles. The summed E-state index contributed by atoms with van der Waals surface area (Å²) in [4.78, 5) is 29.6. The van der Waals surface area contributed by atoms with Gasteiger partial charge in [-0.25, -0.2) is 9.59 Å². The normalized spacial score (nSPS) is 15.3. The monoisotopic (exact) mass is 513 g/mol. The number of alkyl carbamates (subject to hydrolysis) is 1. The first-order valence-corrected chi connectivity index (χ1v) is 9.68. The molecule has 28 heavy (non-hydrogen) atoms. The fourth-order valence-electron chi connectivity index (χ4n) is 2.57. The van der Waals surface area contributed by atoms with Crippen LogP contribution in [0.15, 0.2) is 4.99 Å². The van der Waals surface area contributed by atoms with Gasteiger partial charge < -0.3 is 30.3 Å². The highest BCUT2D eigenvalue weighted by molar-refractivity contribution is 14.0. The smallest absolute Gasteiger partial charge is 0.409 e. The van der Waals surface area contributed by atoms with Crippen molar-refractivity contribution in [1.29, 1.82) is 0 Å². The van der Waals surface area contributed by atoms with Crippen LogP contribution in [0.25, 0.3) is 0 Å². The molecule has 3 N–H and O–H groups in total. The fraction of sp³-hybridized carbons (Fsp3) is 0.833. The minimum atomic E-state index is -0.512. The molecular weight excluding hydrogens is 477 g/mol. The maximum atomic E-state index is 11.7. The summed E-state index contributed by atoms with van der Waals surface area (Å²) >= 11 is 0. The van der Waals surface area contributed by atoms with E-state index in [1.807, 2.05) is 34.6 Å². The Morgan fingerprint density at radius 3 is 2.32 bits per heavy atom. The van der Waals surface area contributed by atoms with E-state index in [1.54, 1.807) is 4.90 Å². The first-order chi connectivity index (χ1) is 12.7. The molecule has 1 rings (SSSR count). The molecule has 0 aliphatic carbocycles. The molecule has 1 aliphatic heterocycles. The van der Waals surface area contributed by atoms with Gasteiger partial charge in [-0.15, -0.1) is 24.0 Å². The number of aliphatic imine (C=N–C) groups is 1. The molecule has 2 amide bonds. The lowest BCUT2D eigenvalue weighted by atomic mass is 10.1. The molecule has 0 aromatic carbocycles. The Hall–Kier alpha value is -1.46. The van der Waals surface area contributed by atoms with Crippen LogP contribution >= 0.6 is 24.0 Å². The molecule has 0 spiro atoms. The number of ether oxygens (including phenoxy) is 2. The van der Waals surface area contributed by atoms with Crippen LogP contribution in [0.2, 0.25) is 0 Å². The SMILES string of the molecule is CCNC(=NCCNC(=O)OC(C)(C)C)NC1CCN(C(=O)OCC)CC1.I. The zero-order chi connectivity index (χ0) is 20.3. The molecule has 0 aromatic heterocycles. The van der Waals surface area contributed by atoms with Crippen LogP contribution in [-0.2, 0) is 9.47 Å². The summed E-state index contributed by atoms with van der Waals surface area (Å²) in [7, 11) is 0. The van der Waals surface area contributed by atoms with E-state index in [-0.39, 0.29) is 36.1 Å². The largest absolute Gasteiger partial charge is 0.450 e. The predicted molar refractivity (Wildman–Crippen MR) is 120 cm³/mol. The summed E-state index contributed by atoms with van der Waals surface area (Å²) in [6, 6.07) is 0.243. The summed E-state index contributed by atoms with van der Waals surface area (Å²) in [5.41, 5.74) is -0.512. The highest BCUT2D eigenvalue weighted by Crippen LogP contribution is 2.11. The Morgan fingerprint density at radius 2 is 1.79 bits per heavy atom. The zero-order valence-corrected chi connectivity index (χ0v) is 20.0. The summed E-state index contributed by atoms with van der Waals surface area (Å²) in [5, 5.41) is 9.28. The van der Waals surface area contributed by atoms with Crippen molar-refractivity contribution in [2.24, 2.45) is 4.99 Å². The first-order valence-electron chi connectivity index (χ1n) is 9.68. The third-order valence-corrected chi connectivity index (χ3v) is 3.76. The third kappa shape index (κ3) is 11.4. The van der Waals surface area contributed by atoms with Gasteiger partial charge >= 0.3 is 12.2 Å². The van der Waals surface area contributed by atoms with Gasteiger partial charge in [0.2, 0.25) is 0 Å². The van der Waals surface area contributed by atoms with E-state index in [1.165, 1.54) is 0 Å². The Balaban J connectivity index is 0.00000729. The second-order valence-corrected chi connectivity index (χ2v) is 7.29. The number of likely N-dealkylation sites (tertiary alicyclic amines) is 1. The maximum Gasteiger partial charge on any atom is 0.409 e. The number of hydrogen-bond acceptors (Lipinski definition) is 5. The second kappa shape index (κ2) is 13.7. The lowest BCUT2D eigenvalue weighted by molar-refractivity contribution is 0.0529. The molecule has 164 valence electrons. The number of carbonyl (C=O) groups excluding carboxylic acids is 2. The van der Waals surface area contributed by atoms with Crippen LogP contribution in [0.3, 0.4) is 0 Å². The number of rotatable bonds is 6. The molecule has 10 heteroatoms. The van der Waals surface area contributed by atoms with Crippen LogP contribution < -0.4 is 16.0 Å². The van der Waals surface area contributed by atoms with Gasteiger partial charge in [-0.05, 0) is 47.5 Å². The van der Waals surface area contributed by atoms with Gasteiger partial charge in [-0.1, -0.05) is 0 Å². The summed E-state index contributed by atoms with van der Waals surface area (Å²) in [5.74, 6) is 0.707. The number of hydrogen-bond donors (Lipinski definition) is 3. The Kier molecular flexibility index (Phi) is 13.0. The lowest BCUT2D eigenvalue weighted by Gasteiger charge is -2.32. The molecule has 0 aromatic rings. The van der Waals surface area contributed by atoms with E-state index in [9.17, 15) is 9.59 Å². The van der Waals surface area contributed by atoms with E-state index >= 15 is 0 Å². The number of piperidine rings is 1. The average Bonchev–Trinajstić information content (AvgIpc) is 2.58. The second-order valence-electron chi connectivity index (χ2n) is 7.29. The molecule has 0 unspecified atom stereocenters. The summed E-state index contributed by atoms with van der Waals surface area (Å²) < 4.78 is 10.2. The molecule has 0 bridgehead atoms. The van der Waals surface area contributed by atoms with Gasteiger partial charge in [-0.2, -0.15) is 0 Å². The van der Waals surface area contributed by atoms with Crippen LogP contribution in [0, 0.1) is 0 Å². The van der Waals surface area contributed by atoms with E-state index in [0.717, 1.165) is 19.4 Å². The number of guanidine groups is 1. The molecule has 0 radical (unpaired) electrons. The highest BCUT2D eigenvalue weighted by Gasteiger charge is 2.24. The Morgan fingerprint density at radius 1 is 1.14 bits per heavy atom. The van der Waals surface area contributed by atoms with Crippen molar-refractivity contribution in [2.75, 3.05) is 39.3 Å². The minimum absolute atomic E-state index is 0. The minimum Gasteiger partial charge on any atom is -0.450 e. The predicted octanol–water partition coefficient (Wildman–Crippen LogP) is 2.31. The zero-order valence-electron chi connectivity index (χ0n) is 17.7. The van der Waals surface area contributed by atoms with E-state index in [0.29, 0.717) is 38.7 Å². The molecule has 9 nitrogen and oxygen atoms in total. The number of nitrogens with zero attached hydrogens (tertiary/aromatic N) is 2. The quantitative estimate of drug-likeness (QED) is 0.218. The summed E-state index contributed by atoms with van der Waals surface area (Å²) in [6.45, 7) is 12.6. The number of nitrogens with one attached hydrogen (secondary N) is 3. The average molecular weight is 513 g/mol. The Labute approximate surface area is 185 Å². The molecule has 0 atom stereocenters. The van der Waals surface area contributed by atoms with Crippen molar-refractivity contribution in [3.63, 3.8) is 0 Å². The van der Waals surface area contributed by atoms with Crippen molar-refractivity contribution < 1.29 is 19.1 Å².